The fraction of sp³-hybridized carbons (Fsp3) is 0.240. The van der Waals surface area contributed by atoms with Crippen molar-refractivity contribution in [2.24, 2.45) is 0 Å². The van der Waals surface area contributed by atoms with Crippen LogP contribution in [0.1, 0.15) is 16.7 Å². The Kier molecular flexibility index (Phi) is 6.87. The maximum Gasteiger partial charge on any atom is 0.340 e. The smallest absolute Gasteiger partial charge is 0.340 e. The van der Waals surface area contributed by atoms with Gasteiger partial charge in [0.1, 0.15) is 0 Å². The SMILES string of the molecule is O=C1O[C@@H](OCc2ccccc2)[C@@H](OCc2ccccc2)[C@@H]1OCc1ccccc1. The molecule has 0 saturated carbocycles. The molecule has 154 valence electrons. The standard InChI is InChI=1S/C25H24O5/c26-24-22(27-16-19-10-4-1-5-11-19)23(28-17-20-12-6-2-7-13-20)25(30-24)29-18-21-14-8-3-9-15-21/h1-15,22-23,25H,16-18H2/t22-,23-,25+/m0/s1. The monoisotopic (exact) mass is 404 g/mol. The van der Waals surface area contributed by atoms with Gasteiger partial charge < -0.3 is 18.9 Å². The molecule has 0 bridgehead atoms. The van der Waals surface area contributed by atoms with Gasteiger partial charge in [-0.3, -0.25) is 0 Å². The molecule has 0 spiro atoms. The van der Waals surface area contributed by atoms with E-state index < -0.39 is 24.5 Å². The average molecular weight is 404 g/mol. The van der Waals surface area contributed by atoms with Gasteiger partial charge in [-0.25, -0.2) is 4.79 Å². The Hall–Kier alpha value is -2.99. The minimum absolute atomic E-state index is 0.289. The van der Waals surface area contributed by atoms with E-state index in [1.807, 2.05) is 91.0 Å². The van der Waals surface area contributed by atoms with Crippen LogP contribution in [0.25, 0.3) is 0 Å². The number of esters is 1. The highest BCUT2D eigenvalue weighted by molar-refractivity contribution is 5.78. The zero-order valence-electron chi connectivity index (χ0n) is 16.6. The van der Waals surface area contributed by atoms with Crippen molar-refractivity contribution < 1.29 is 23.7 Å². The van der Waals surface area contributed by atoms with Gasteiger partial charge >= 0.3 is 5.97 Å². The second-order valence-corrected chi connectivity index (χ2v) is 7.08. The van der Waals surface area contributed by atoms with Crippen LogP contribution in [-0.4, -0.2) is 24.5 Å². The number of cyclic esters (lactones) is 1. The molecule has 0 aliphatic carbocycles. The highest BCUT2D eigenvalue weighted by Gasteiger charge is 2.47. The lowest BCUT2D eigenvalue weighted by molar-refractivity contribution is -0.186. The van der Waals surface area contributed by atoms with Gasteiger partial charge in [0.25, 0.3) is 0 Å². The summed E-state index contributed by atoms with van der Waals surface area (Å²) >= 11 is 0. The second-order valence-electron chi connectivity index (χ2n) is 7.08. The molecule has 0 aromatic heterocycles. The largest absolute Gasteiger partial charge is 0.431 e. The Balaban J connectivity index is 1.44. The van der Waals surface area contributed by atoms with E-state index in [1.165, 1.54) is 0 Å². The Morgan fingerprint density at radius 2 is 1.03 bits per heavy atom. The van der Waals surface area contributed by atoms with E-state index >= 15 is 0 Å². The Labute approximate surface area is 176 Å². The van der Waals surface area contributed by atoms with E-state index in [4.69, 9.17) is 18.9 Å². The first-order chi connectivity index (χ1) is 14.8. The maximum absolute atomic E-state index is 12.5. The van der Waals surface area contributed by atoms with Crippen LogP contribution in [0, 0.1) is 0 Å². The van der Waals surface area contributed by atoms with Crippen molar-refractivity contribution >= 4 is 5.97 Å². The minimum Gasteiger partial charge on any atom is -0.431 e. The van der Waals surface area contributed by atoms with Gasteiger partial charge in [0.2, 0.25) is 6.29 Å². The summed E-state index contributed by atoms with van der Waals surface area (Å²) in [4.78, 5) is 12.5. The summed E-state index contributed by atoms with van der Waals surface area (Å²) in [5.41, 5.74) is 2.96. The van der Waals surface area contributed by atoms with E-state index in [0.29, 0.717) is 13.2 Å². The van der Waals surface area contributed by atoms with Gasteiger partial charge in [-0.2, -0.15) is 0 Å². The number of carbonyl (C=O) groups is 1. The lowest BCUT2D eigenvalue weighted by atomic mass is 10.2. The summed E-state index contributed by atoms with van der Waals surface area (Å²) in [7, 11) is 0. The summed E-state index contributed by atoms with van der Waals surface area (Å²) in [5.74, 6) is -0.470. The third-order valence-electron chi connectivity index (χ3n) is 4.85. The quantitative estimate of drug-likeness (QED) is 0.499. The minimum atomic E-state index is -0.852. The van der Waals surface area contributed by atoms with E-state index in [0.717, 1.165) is 16.7 Å². The first kappa shape index (κ1) is 20.3. The molecule has 30 heavy (non-hydrogen) atoms. The first-order valence-corrected chi connectivity index (χ1v) is 9.97. The van der Waals surface area contributed by atoms with Gasteiger partial charge in [0.15, 0.2) is 12.2 Å². The number of hydrogen-bond acceptors (Lipinski definition) is 5. The molecule has 1 fully saturated rings. The molecule has 3 aromatic rings. The van der Waals surface area contributed by atoms with Crippen LogP contribution in [0.5, 0.6) is 0 Å². The molecule has 1 aliphatic rings. The van der Waals surface area contributed by atoms with Gasteiger partial charge in [-0.15, -0.1) is 0 Å². The molecule has 3 aromatic carbocycles. The zero-order chi connectivity index (χ0) is 20.6. The van der Waals surface area contributed by atoms with Crippen LogP contribution in [0.2, 0.25) is 0 Å². The summed E-state index contributed by atoms with van der Waals surface area (Å²) in [6, 6.07) is 29.2. The van der Waals surface area contributed by atoms with Crippen LogP contribution in [0.3, 0.4) is 0 Å². The Bertz CT molecular complexity index is 914. The number of carbonyl (C=O) groups excluding carboxylic acids is 1. The van der Waals surface area contributed by atoms with E-state index in [9.17, 15) is 4.79 Å². The topological polar surface area (TPSA) is 54.0 Å². The zero-order valence-corrected chi connectivity index (χ0v) is 16.6. The normalized spacial score (nSPS) is 20.8. The second kappa shape index (κ2) is 10.2. The van der Waals surface area contributed by atoms with Crippen molar-refractivity contribution in [1.29, 1.82) is 0 Å². The third kappa shape index (κ3) is 5.33. The molecular weight excluding hydrogens is 380 g/mol. The molecule has 0 N–H and O–H groups in total. The lowest BCUT2D eigenvalue weighted by Crippen LogP contribution is -2.37. The van der Waals surface area contributed by atoms with Gasteiger partial charge in [-0.05, 0) is 16.7 Å². The van der Waals surface area contributed by atoms with Gasteiger partial charge in [0, 0.05) is 0 Å². The third-order valence-corrected chi connectivity index (χ3v) is 4.85. The average Bonchev–Trinajstić information content (AvgIpc) is 3.11. The molecule has 0 unspecified atom stereocenters. The first-order valence-electron chi connectivity index (χ1n) is 9.97. The number of benzene rings is 3. The van der Waals surface area contributed by atoms with Crippen LogP contribution < -0.4 is 0 Å². The molecule has 4 rings (SSSR count). The Morgan fingerprint density at radius 1 is 0.600 bits per heavy atom. The van der Waals surface area contributed by atoms with E-state index in [2.05, 4.69) is 0 Å². The lowest BCUT2D eigenvalue weighted by Gasteiger charge is -2.22. The van der Waals surface area contributed by atoms with Crippen LogP contribution in [-0.2, 0) is 43.6 Å². The van der Waals surface area contributed by atoms with Crippen molar-refractivity contribution in [2.45, 2.75) is 38.3 Å². The van der Waals surface area contributed by atoms with E-state index in [1.54, 1.807) is 0 Å². The summed E-state index contributed by atoms with van der Waals surface area (Å²) in [6.07, 6.45) is -2.35. The highest BCUT2D eigenvalue weighted by Crippen LogP contribution is 2.26. The molecule has 0 amide bonds. The highest BCUT2D eigenvalue weighted by atomic mass is 16.7. The maximum atomic E-state index is 12.5. The molecule has 1 heterocycles. The molecule has 5 nitrogen and oxygen atoms in total. The molecule has 0 radical (unpaired) electrons. The van der Waals surface area contributed by atoms with Crippen LogP contribution in [0.4, 0.5) is 0 Å². The van der Waals surface area contributed by atoms with Crippen molar-refractivity contribution in [3.8, 4) is 0 Å². The van der Waals surface area contributed by atoms with Crippen molar-refractivity contribution in [3.05, 3.63) is 108 Å². The van der Waals surface area contributed by atoms with E-state index in [-0.39, 0.29) is 6.61 Å². The summed E-state index contributed by atoms with van der Waals surface area (Å²) in [5, 5.41) is 0. The van der Waals surface area contributed by atoms with Gasteiger partial charge in [0.05, 0.1) is 19.8 Å². The number of ether oxygens (including phenoxy) is 4. The predicted octanol–water partition coefficient (Wildman–Crippen LogP) is 4.26. The summed E-state index contributed by atoms with van der Waals surface area (Å²) < 4.78 is 23.3. The summed E-state index contributed by atoms with van der Waals surface area (Å²) in [6.45, 7) is 0.936. The van der Waals surface area contributed by atoms with Crippen LogP contribution in [0.15, 0.2) is 91.0 Å². The molecule has 1 saturated heterocycles. The number of rotatable bonds is 9. The fourth-order valence-electron chi connectivity index (χ4n) is 3.26. The molecule has 1 aliphatic heterocycles. The van der Waals surface area contributed by atoms with Gasteiger partial charge in [-0.1, -0.05) is 91.0 Å². The van der Waals surface area contributed by atoms with Crippen molar-refractivity contribution in [3.63, 3.8) is 0 Å². The molecular formula is C25H24O5. The predicted molar refractivity (Wildman–Crippen MR) is 111 cm³/mol. The Morgan fingerprint density at radius 3 is 1.53 bits per heavy atom. The van der Waals surface area contributed by atoms with Crippen molar-refractivity contribution in [1.82, 2.24) is 0 Å². The molecule has 3 atom stereocenters. The van der Waals surface area contributed by atoms with Crippen LogP contribution >= 0.6 is 0 Å². The number of hydrogen-bond donors (Lipinski definition) is 0. The molecule has 5 heteroatoms. The fourth-order valence-corrected chi connectivity index (χ4v) is 3.26. The van der Waals surface area contributed by atoms with Crippen molar-refractivity contribution in [2.75, 3.05) is 0 Å².